The first-order chi connectivity index (χ1) is 13.4. The van der Waals surface area contributed by atoms with Crippen LogP contribution in [0, 0.1) is 0 Å². The molecular formula is C20H24ClN3O4. The number of carbonyl (C=O) groups excluding carboxylic acids is 4. The summed E-state index contributed by atoms with van der Waals surface area (Å²) in [6.07, 6.45) is 2.34. The van der Waals surface area contributed by atoms with Crippen LogP contribution in [0.5, 0.6) is 0 Å². The van der Waals surface area contributed by atoms with Gasteiger partial charge in [0.1, 0.15) is 6.04 Å². The summed E-state index contributed by atoms with van der Waals surface area (Å²) in [4.78, 5) is 52.5. The molecule has 0 aliphatic carbocycles. The van der Waals surface area contributed by atoms with Crippen molar-refractivity contribution in [2.45, 2.75) is 44.7 Å². The van der Waals surface area contributed by atoms with Crippen LogP contribution in [0.25, 0.3) is 0 Å². The Bertz CT molecular complexity index is 754. The number of hydrogen-bond acceptors (Lipinski definition) is 4. The highest BCUT2D eigenvalue weighted by atomic mass is 35.5. The van der Waals surface area contributed by atoms with E-state index in [1.807, 2.05) is 0 Å². The molecule has 2 aliphatic rings. The van der Waals surface area contributed by atoms with Gasteiger partial charge in [-0.3, -0.25) is 24.1 Å². The number of piperidine rings is 1. The van der Waals surface area contributed by atoms with Gasteiger partial charge in [-0.25, -0.2) is 0 Å². The van der Waals surface area contributed by atoms with Gasteiger partial charge in [-0.1, -0.05) is 12.1 Å². The third-order valence-corrected chi connectivity index (χ3v) is 5.55. The first kappa shape index (κ1) is 20.3. The Labute approximate surface area is 169 Å². The van der Waals surface area contributed by atoms with Crippen molar-refractivity contribution in [3.05, 3.63) is 35.4 Å². The lowest BCUT2D eigenvalue weighted by Gasteiger charge is -2.35. The lowest BCUT2D eigenvalue weighted by atomic mass is 10.0. The number of nitrogens with zero attached hydrogens (tertiary/aromatic N) is 2. The summed E-state index contributed by atoms with van der Waals surface area (Å²) in [7, 11) is 0. The monoisotopic (exact) mass is 405 g/mol. The fraction of sp³-hybridized carbons (Fsp3) is 0.500. The zero-order valence-corrected chi connectivity index (χ0v) is 16.6. The van der Waals surface area contributed by atoms with Crippen molar-refractivity contribution in [1.82, 2.24) is 15.1 Å². The molecule has 0 saturated carbocycles. The maximum Gasteiger partial charge on any atom is 0.262 e. The number of benzene rings is 1. The highest BCUT2D eigenvalue weighted by Gasteiger charge is 2.42. The predicted octanol–water partition coefficient (Wildman–Crippen LogP) is 1.80. The molecule has 2 aliphatic heterocycles. The number of nitrogens with one attached hydrogen (secondary N) is 1. The number of hydrogen-bond donors (Lipinski definition) is 1. The van der Waals surface area contributed by atoms with E-state index in [1.165, 1.54) is 0 Å². The SMILES string of the molecule is CC(C(=O)N1CCC(NC(=O)CCCCl)CC1)N1C(=O)c2ccccc2C1=O. The van der Waals surface area contributed by atoms with Crippen molar-refractivity contribution in [1.29, 1.82) is 0 Å². The average molecular weight is 406 g/mol. The van der Waals surface area contributed by atoms with Crippen molar-refractivity contribution >= 4 is 35.2 Å². The number of halogens is 1. The van der Waals surface area contributed by atoms with Crippen molar-refractivity contribution in [2.75, 3.05) is 19.0 Å². The van der Waals surface area contributed by atoms with Crippen molar-refractivity contribution < 1.29 is 19.2 Å². The minimum absolute atomic E-state index is 0.0233. The Morgan fingerprint density at radius 1 is 1.14 bits per heavy atom. The third-order valence-electron chi connectivity index (χ3n) is 5.28. The summed E-state index contributed by atoms with van der Waals surface area (Å²) in [6, 6.07) is 5.78. The van der Waals surface area contributed by atoms with Crippen molar-refractivity contribution in [3.8, 4) is 0 Å². The molecule has 0 radical (unpaired) electrons. The van der Waals surface area contributed by atoms with E-state index in [9.17, 15) is 19.2 Å². The van der Waals surface area contributed by atoms with Crippen LogP contribution in [0.15, 0.2) is 24.3 Å². The lowest BCUT2D eigenvalue weighted by molar-refractivity contribution is -0.136. The standard InChI is InChI=1S/C20H24ClN3O4/c1-13(24-19(27)15-5-2-3-6-16(15)20(24)28)18(26)23-11-8-14(9-12-23)22-17(25)7-4-10-21/h2-3,5-6,13-14H,4,7-12H2,1H3,(H,22,25). The van der Waals surface area contributed by atoms with Gasteiger partial charge in [0.25, 0.3) is 11.8 Å². The van der Waals surface area contributed by atoms with Gasteiger partial charge >= 0.3 is 0 Å². The summed E-state index contributed by atoms with van der Waals surface area (Å²) in [6.45, 7) is 2.55. The molecule has 1 aromatic carbocycles. The summed E-state index contributed by atoms with van der Waals surface area (Å²) in [5, 5.41) is 2.97. The highest BCUT2D eigenvalue weighted by Crippen LogP contribution is 2.25. The van der Waals surface area contributed by atoms with Crippen LogP contribution >= 0.6 is 11.6 Å². The Morgan fingerprint density at radius 2 is 1.71 bits per heavy atom. The van der Waals surface area contributed by atoms with Gasteiger partial charge < -0.3 is 10.2 Å². The molecule has 1 saturated heterocycles. The topological polar surface area (TPSA) is 86.8 Å². The number of likely N-dealkylation sites (tertiary alicyclic amines) is 1. The summed E-state index contributed by atoms with van der Waals surface area (Å²) >= 11 is 5.60. The van der Waals surface area contributed by atoms with E-state index in [4.69, 9.17) is 11.6 Å². The van der Waals surface area contributed by atoms with Gasteiger partial charge in [0.2, 0.25) is 11.8 Å². The third kappa shape index (κ3) is 4.04. The van der Waals surface area contributed by atoms with E-state index in [1.54, 1.807) is 36.1 Å². The molecule has 0 aromatic heterocycles. The number of imide groups is 1. The van der Waals surface area contributed by atoms with Crippen LogP contribution in [-0.4, -0.2) is 64.5 Å². The van der Waals surface area contributed by atoms with E-state index in [0.29, 0.717) is 55.8 Å². The van der Waals surface area contributed by atoms with Crippen LogP contribution in [0.1, 0.15) is 53.3 Å². The molecule has 2 heterocycles. The molecule has 4 amide bonds. The fourth-order valence-corrected chi connectivity index (χ4v) is 3.84. The van der Waals surface area contributed by atoms with E-state index < -0.39 is 17.9 Å². The second-order valence-electron chi connectivity index (χ2n) is 7.16. The minimum Gasteiger partial charge on any atom is -0.353 e. The van der Waals surface area contributed by atoms with E-state index in [2.05, 4.69) is 5.32 Å². The molecule has 150 valence electrons. The fourth-order valence-electron chi connectivity index (χ4n) is 3.71. The van der Waals surface area contributed by atoms with E-state index >= 15 is 0 Å². The average Bonchev–Trinajstić information content (AvgIpc) is 2.96. The van der Waals surface area contributed by atoms with Gasteiger partial charge in [-0.2, -0.15) is 0 Å². The van der Waals surface area contributed by atoms with Crippen LogP contribution < -0.4 is 5.32 Å². The lowest BCUT2D eigenvalue weighted by Crippen LogP contribution is -2.53. The largest absolute Gasteiger partial charge is 0.353 e. The molecule has 1 atom stereocenters. The molecule has 28 heavy (non-hydrogen) atoms. The molecule has 3 rings (SSSR count). The van der Waals surface area contributed by atoms with Gasteiger partial charge in [0.05, 0.1) is 11.1 Å². The van der Waals surface area contributed by atoms with Crippen LogP contribution in [0.2, 0.25) is 0 Å². The number of fused-ring (bicyclic) bond motifs is 1. The molecule has 1 N–H and O–H groups in total. The minimum atomic E-state index is -0.859. The Hall–Kier alpha value is -2.41. The first-order valence-electron chi connectivity index (χ1n) is 9.55. The Kier molecular flexibility index (Phi) is 6.34. The smallest absolute Gasteiger partial charge is 0.262 e. The maximum atomic E-state index is 12.9. The van der Waals surface area contributed by atoms with Crippen molar-refractivity contribution in [3.63, 3.8) is 0 Å². The molecule has 8 heteroatoms. The normalized spacial score (nSPS) is 18.2. The second kappa shape index (κ2) is 8.73. The quantitative estimate of drug-likeness (QED) is 0.577. The zero-order valence-electron chi connectivity index (χ0n) is 15.8. The van der Waals surface area contributed by atoms with Crippen molar-refractivity contribution in [2.24, 2.45) is 0 Å². The predicted molar refractivity (Wildman–Crippen MR) is 104 cm³/mol. The van der Waals surface area contributed by atoms with Gasteiger partial charge in [-0.05, 0) is 38.3 Å². The first-order valence-corrected chi connectivity index (χ1v) is 10.1. The summed E-state index contributed by atoms with van der Waals surface area (Å²) in [5.74, 6) is -0.673. The van der Waals surface area contributed by atoms with Crippen LogP contribution in [0.3, 0.4) is 0 Å². The summed E-state index contributed by atoms with van der Waals surface area (Å²) in [5.41, 5.74) is 0.677. The van der Waals surface area contributed by atoms with E-state index in [-0.39, 0.29) is 17.9 Å². The zero-order chi connectivity index (χ0) is 20.3. The number of amides is 4. The number of carbonyl (C=O) groups is 4. The molecule has 1 aromatic rings. The van der Waals surface area contributed by atoms with Crippen LogP contribution in [0.4, 0.5) is 0 Å². The molecule has 1 unspecified atom stereocenters. The van der Waals surface area contributed by atoms with Gasteiger partial charge in [-0.15, -0.1) is 11.6 Å². The molecule has 0 bridgehead atoms. The molecule has 7 nitrogen and oxygen atoms in total. The highest BCUT2D eigenvalue weighted by molar-refractivity contribution is 6.22. The Morgan fingerprint density at radius 3 is 2.25 bits per heavy atom. The second-order valence-corrected chi connectivity index (χ2v) is 7.54. The maximum absolute atomic E-state index is 12.9. The summed E-state index contributed by atoms with van der Waals surface area (Å²) < 4.78 is 0. The Balaban J connectivity index is 1.56. The molecule has 1 fully saturated rings. The van der Waals surface area contributed by atoms with Gasteiger partial charge in [0, 0.05) is 31.4 Å². The van der Waals surface area contributed by atoms with Crippen LogP contribution in [-0.2, 0) is 9.59 Å². The number of alkyl halides is 1. The molecule has 0 spiro atoms. The number of rotatable bonds is 6. The van der Waals surface area contributed by atoms with E-state index in [0.717, 1.165) is 4.90 Å². The van der Waals surface area contributed by atoms with Gasteiger partial charge in [0.15, 0.2) is 0 Å². The molecular weight excluding hydrogens is 382 g/mol.